The molecule has 1 aromatic rings. The summed E-state index contributed by atoms with van der Waals surface area (Å²) in [5.41, 5.74) is 3.03. The van der Waals surface area contributed by atoms with Crippen molar-refractivity contribution in [1.29, 1.82) is 0 Å². The second kappa shape index (κ2) is 1.91. The molecule has 10 heavy (non-hydrogen) atoms. The number of hydrogen-bond donors (Lipinski definition) is 1. The smallest absolute Gasteiger partial charge is 0.0550 e. The first-order valence-electron chi connectivity index (χ1n) is 4.00. The van der Waals surface area contributed by atoms with Gasteiger partial charge in [-0.15, -0.1) is 0 Å². The number of aromatic nitrogens is 2. The van der Waals surface area contributed by atoms with Crippen LogP contribution in [0.1, 0.15) is 24.7 Å². The summed E-state index contributed by atoms with van der Waals surface area (Å²) >= 11 is 0. The molecule has 56 valence electrons. The minimum atomic E-state index is 0.889. The van der Waals surface area contributed by atoms with E-state index in [1.807, 2.05) is 0 Å². The second-order valence-corrected chi connectivity index (χ2v) is 3.44. The lowest BCUT2D eigenvalue weighted by molar-refractivity contribution is 0.424. The van der Waals surface area contributed by atoms with Crippen molar-refractivity contribution in [2.45, 2.75) is 26.2 Å². The van der Waals surface area contributed by atoms with Crippen LogP contribution in [0.25, 0.3) is 0 Å². The Morgan fingerprint density at radius 1 is 1.60 bits per heavy atom. The molecule has 1 aliphatic rings. The Hall–Kier alpha value is -0.660. The summed E-state index contributed by atoms with van der Waals surface area (Å²) in [5, 5.41) is 3.29. The molecule has 0 saturated heterocycles. The molecule has 0 saturated carbocycles. The van der Waals surface area contributed by atoms with Crippen LogP contribution >= 0.6 is 0 Å². The summed E-state index contributed by atoms with van der Waals surface area (Å²) in [6, 6.07) is 0. The normalized spacial score (nSPS) is 24.8. The zero-order valence-corrected chi connectivity index (χ0v) is 6.65. The van der Waals surface area contributed by atoms with Crippen molar-refractivity contribution in [3.8, 4) is 0 Å². The second-order valence-electron chi connectivity index (χ2n) is 3.44. The number of hydrogen-bond acceptors (Lipinski definition) is 0. The third-order valence-corrected chi connectivity index (χ3v) is 2.48. The lowest BCUT2D eigenvalue weighted by atomic mass is 9.90. The average Bonchev–Trinajstić information content (AvgIpc) is 1.86. The molecule has 1 aromatic heterocycles. The van der Waals surface area contributed by atoms with E-state index >= 15 is 0 Å². The third kappa shape index (κ3) is 0.713. The Kier molecular flexibility index (Phi) is 1.16. The molecule has 0 bridgehead atoms. The van der Waals surface area contributed by atoms with Gasteiger partial charge in [-0.2, -0.15) is 0 Å². The van der Waals surface area contributed by atoms with Crippen LogP contribution in [0.5, 0.6) is 0 Å². The van der Waals surface area contributed by atoms with Crippen molar-refractivity contribution in [2.24, 2.45) is 13.0 Å². The molecule has 1 N–H and O–H groups in total. The van der Waals surface area contributed by atoms with Crippen LogP contribution in [0.4, 0.5) is 0 Å². The van der Waals surface area contributed by atoms with Gasteiger partial charge in [-0.3, -0.25) is 4.68 Å². The minimum absolute atomic E-state index is 0.889. The fourth-order valence-electron chi connectivity index (χ4n) is 1.80. The highest BCUT2D eigenvalue weighted by Crippen LogP contribution is 2.24. The molecule has 2 rings (SSSR count). The van der Waals surface area contributed by atoms with E-state index in [0.717, 1.165) is 5.92 Å². The van der Waals surface area contributed by atoms with Gasteiger partial charge >= 0.3 is 0 Å². The first kappa shape index (κ1) is 6.08. The topological polar surface area (TPSA) is 20.7 Å². The van der Waals surface area contributed by atoms with Crippen LogP contribution in [0.2, 0.25) is 0 Å². The maximum Gasteiger partial charge on any atom is 0.0550 e. The maximum absolute atomic E-state index is 3.29. The Balaban J connectivity index is 2.22. The van der Waals surface area contributed by atoms with E-state index < -0.39 is 0 Å². The standard InChI is InChI=1S/C8H14N2/c1-6-3-4-8-7(5-6)9-10(8)2/h6,9H,3-5H2,1-2H3. The summed E-state index contributed by atoms with van der Waals surface area (Å²) in [4.78, 5) is 0. The van der Waals surface area contributed by atoms with Crippen LogP contribution in [0, 0.1) is 5.92 Å². The molecule has 0 spiro atoms. The summed E-state index contributed by atoms with van der Waals surface area (Å²) in [5.74, 6) is 0.889. The zero-order valence-electron chi connectivity index (χ0n) is 6.65. The monoisotopic (exact) mass is 138 g/mol. The first-order chi connectivity index (χ1) is 4.77. The van der Waals surface area contributed by atoms with Crippen LogP contribution < -0.4 is 0 Å². The third-order valence-electron chi connectivity index (χ3n) is 2.48. The van der Waals surface area contributed by atoms with Gasteiger partial charge < -0.3 is 5.10 Å². The molecule has 0 aromatic carbocycles. The van der Waals surface area contributed by atoms with Gasteiger partial charge in [-0.05, 0) is 25.2 Å². The predicted octanol–water partition coefficient (Wildman–Crippen LogP) is 1.48. The number of rotatable bonds is 0. The van der Waals surface area contributed by atoms with Crippen LogP contribution in [-0.4, -0.2) is 9.78 Å². The van der Waals surface area contributed by atoms with E-state index in [1.165, 1.54) is 30.7 Å². The van der Waals surface area contributed by atoms with Gasteiger partial charge in [-0.25, -0.2) is 0 Å². The van der Waals surface area contributed by atoms with Crippen LogP contribution in [0.3, 0.4) is 0 Å². The Bertz CT molecular complexity index is 232. The van der Waals surface area contributed by atoms with Crippen molar-refractivity contribution >= 4 is 0 Å². The highest BCUT2D eigenvalue weighted by molar-refractivity contribution is 5.17. The van der Waals surface area contributed by atoms with E-state index in [-0.39, 0.29) is 0 Å². The molecule has 0 radical (unpaired) electrons. The van der Waals surface area contributed by atoms with Crippen molar-refractivity contribution < 1.29 is 0 Å². The first-order valence-corrected chi connectivity index (χ1v) is 4.00. The molecule has 0 fully saturated rings. The molecular formula is C8H14N2. The van der Waals surface area contributed by atoms with E-state index in [0.29, 0.717) is 0 Å². The van der Waals surface area contributed by atoms with Gasteiger partial charge in [0.05, 0.1) is 11.4 Å². The number of nitrogens with one attached hydrogen (secondary N) is 1. The summed E-state index contributed by atoms with van der Waals surface area (Å²) < 4.78 is 2.14. The summed E-state index contributed by atoms with van der Waals surface area (Å²) in [6.45, 7) is 2.32. The molecule has 0 amide bonds. The SMILES string of the molecule is CC1CCc2c([nH]n2C)C1. The van der Waals surface area contributed by atoms with Crippen LogP contribution in [0.15, 0.2) is 0 Å². The van der Waals surface area contributed by atoms with E-state index in [2.05, 4.69) is 23.8 Å². The fourth-order valence-corrected chi connectivity index (χ4v) is 1.80. The largest absolute Gasteiger partial charge is 0.301 e. The Morgan fingerprint density at radius 3 is 3.00 bits per heavy atom. The quantitative estimate of drug-likeness (QED) is 0.560. The van der Waals surface area contributed by atoms with Gasteiger partial charge in [0.25, 0.3) is 0 Å². The number of aryl methyl sites for hydroxylation is 1. The van der Waals surface area contributed by atoms with Gasteiger partial charge in [0.2, 0.25) is 0 Å². The molecule has 0 aliphatic heterocycles. The number of nitrogens with zero attached hydrogens (tertiary/aromatic N) is 1. The van der Waals surface area contributed by atoms with Crippen LogP contribution in [-0.2, 0) is 19.9 Å². The average molecular weight is 138 g/mol. The number of fused-ring (bicyclic) bond motifs is 1. The highest BCUT2D eigenvalue weighted by atomic mass is 15.3. The predicted molar refractivity (Wildman–Crippen MR) is 41.0 cm³/mol. The number of H-pyrrole nitrogens is 1. The summed E-state index contributed by atoms with van der Waals surface area (Å²) in [6.07, 6.45) is 3.91. The van der Waals surface area contributed by atoms with Gasteiger partial charge in [0.1, 0.15) is 0 Å². The van der Waals surface area contributed by atoms with E-state index in [1.54, 1.807) is 0 Å². The Labute approximate surface area is 61.2 Å². The van der Waals surface area contributed by atoms with E-state index in [9.17, 15) is 0 Å². The summed E-state index contributed by atoms with van der Waals surface area (Å²) in [7, 11) is 2.09. The lowest BCUT2D eigenvalue weighted by Gasteiger charge is -2.27. The molecule has 2 nitrogen and oxygen atoms in total. The zero-order chi connectivity index (χ0) is 7.14. The van der Waals surface area contributed by atoms with E-state index in [4.69, 9.17) is 0 Å². The number of aromatic amines is 1. The molecule has 2 heteroatoms. The maximum atomic E-state index is 3.29. The van der Waals surface area contributed by atoms with Crippen molar-refractivity contribution in [2.75, 3.05) is 0 Å². The lowest BCUT2D eigenvalue weighted by Crippen LogP contribution is -2.25. The van der Waals surface area contributed by atoms with Gasteiger partial charge in [-0.1, -0.05) is 6.92 Å². The van der Waals surface area contributed by atoms with Crippen molar-refractivity contribution in [3.63, 3.8) is 0 Å². The van der Waals surface area contributed by atoms with Gasteiger partial charge in [0.15, 0.2) is 0 Å². The Morgan fingerprint density at radius 2 is 2.40 bits per heavy atom. The van der Waals surface area contributed by atoms with Crippen molar-refractivity contribution in [1.82, 2.24) is 9.78 Å². The highest BCUT2D eigenvalue weighted by Gasteiger charge is 2.19. The molecule has 1 unspecified atom stereocenters. The molecule has 1 aliphatic carbocycles. The molecule has 1 heterocycles. The fraction of sp³-hybridized carbons (Fsp3) is 0.750. The molecule has 1 atom stereocenters. The van der Waals surface area contributed by atoms with Gasteiger partial charge in [0, 0.05) is 7.05 Å². The van der Waals surface area contributed by atoms with Crippen molar-refractivity contribution in [3.05, 3.63) is 11.4 Å². The molecular weight excluding hydrogens is 124 g/mol. The minimum Gasteiger partial charge on any atom is -0.301 e.